The molecule has 0 saturated heterocycles. The van der Waals surface area contributed by atoms with Crippen molar-refractivity contribution in [2.45, 2.75) is 6.61 Å². The minimum absolute atomic E-state index is 0.000208. The lowest BCUT2D eigenvalue weighted by Crippen LogP contribution is -1.99. The zero-order valence-corrected chi connectivity index (χ0v) is 14.2. The van der Waals surface area contributed by atoms with Gasteiger partial charge in [-0.3, -0.25) is 0 Å². The number of esters is 1. The highest BCUT2D eigenvalue weighted by Crippen LogP contribution is 2.43. The summed E-state index contributed by atoms with van der Waals surface area (Å²) in [5, 5.41) is 21.6. The fraction of sp³-hybridized carbons (Fsp3) is 0.150. The number of carbonyl (C=O) groups excluding carboxylic acids is 1. The Kier molecular flexibility index (Phi) is 3.61. The molecule has 4 rings (SSSR count). The van der Waals surface area contributed by atoms with Crippen LogP contribution in [0.15, 0.2) is 36.4 Å². The topological polar surface area (TPSA) is 85.2 Å². The van der Waals surface area contributed by atoms with Crippen LogP contribution in [-0.4, -0.2) is 30.4 Å². The van der Waals surface area contributed by atoms with Crippen molar-refractivity contribution in [2.24, 2.45) is 0 Å². The van der Waals surface area contributed by atoms with E-state index in [4.69, 9.17) is 14.2 Å². The van der Waals surface area contributed by atoms with Crippen LogP contribution in [0.3, 0.4) is 0 Å². The van der Waals surface area contributed by atoms with Crippen LogP contribution in [0.2, 0.25) is 0 Å². The van der Waals surface area contributed by atoms with E-state index < -0.39 is 5.97 Å². The number of phenolic OH excluding ortho intramolecular Hbond substituents is 2. The summed E-state index contributed by atoms with van der Waals surface area (Å²) < 4.78 is 15.6. The lowest BCUT2D eigenvalue weighted by atomic mass is 9.90. The Morgan fingerprint density at radius 3 is 2.38 bits per heavy atom. The first-order valence-electron chi connectivity index (χ1n) is 7.94. The number of benzene rings is 3. The van der Waals surface area contributed by atoms with Crippen molar-refractivity contribution in [2.75, 3.05) is 14.2 Å². The van der Waals surface area contributed by atoms with Crippen molar-refractivity contribution >= 4 is 16.7 Å². The summed E-state index contributed by atoms with van der Waals surface area (Å²) in [5.74, 6) is 0.187. The summed E-state index contributed by atoms with van der Waals surface area (Å²) in [6.07, 6.45) is 0. The molecule has 0 radical (unpaired) electrons. The third-order valence-electron chi connectivity index (χ3n) is 4.55. The Labute approximate surface area is 149 Å². The predicted octanol–water partition coefficient (Wildman–Crippen LogP) is 3.61. The molecular formula is C20H16O6. The van der Waals surface area contributed by atoms with Gasteiger partial charge in [0, 0.05) is 11.1 Å². The second-order valence-corrected chi connectivity index (χ2v) is 5.99. The summed E-state index contributed by atoms with van der Waals surface area (Å²) in [4.78, 5) is 12.3. The molecule has 26 heavy (non-hydrogen) atoms. The maximum atomic E-state index is 12.3. The zero-order chi connectivity index (χ0) is 18.4. The van der Waals surface area contributed by atoms with Gasteiger partial charge in [-0.2, -0.15) is 0 Å². The Hall–Kier alpha value is -3.41. The Morgan fingerprint density at radius 1 is 0.923 bits per heavy atom. The van der Waals surface area contributed by atoms with Crippen molar-refractivity contribution in [1.82, 2.24) is 0 Å². The SMILES string of the molecule is COc1cc(-c2c3c(cc4cc(OC)c(O)cc24)COC3=O)ccc1O. The maximum Gasteiger partial charge on any atom is 0.339 e. The molecule has 0 bridgehead atoms. The van der Waals surface area contributed by atoms with E-state index in [1.807, 2.05) is 6.07 Å². The van der Waals surface area contributed by atoms with E-state index in [1.165, 1.54) is 20.3 Å². The third kappa shape index (κ3) is 2.30. The van der Waals surface area contributed by atoms with Gasteiger partial charge in [-0.25, -0.2) is 4.79 Å². The number of ether oxygens (including phenoxy) is 3. The number of cyclic esters (lactones) is 1. The molecule has 0 aromatic heterocycles. The van der Waals surface area contributed by atoms with Crippen LogP contribution in [0, 0.1) is 0 Å². The third-order valence-corrected chi connectivity index (χ3v) is 4.55. The molecule has 1 aliphatic heterocycles. The highest BCUT2D eigenvalue weighted by molar-refractivity contribution is 6.11. The van der Waals surface area contributed by atoms with Crippen LogP contribution in [0.1, 0.15) is 15.9 Å². The van der Waals surface area contributed by atoms with E-state index in [-0.39, 0.29) is 23.9 Å². The van der Waals surface area contributed by atoms with Gasteiger partial charge in [0.1, 0.15) is 6.61 Å². The smallest absolute Gasteiger partial charge is 0.339 e. The summed E-state index contributed by atoms with van der Waals surface area (Å²) in [7, 11) is 2.93. The van der Waals surface area contributed by atoms with Gasteiger partial charge in [-0.05, 0) is 46.7 Å². The monoisotopic (exact) mass is 352 g/mol. The van der Waals surface area contributed by atoms with E-state index in [1.54, 1.807) is 24.3 Å². The van der Waals surface area contributed by atoms with Gasteiger partial charge in [0.15, 0.2) is 23.0 Å². The Balaban J connectivity index is 2.11. The first kappa shape index (κ1) is 16.1. The fourth-order valence-corrected chi connectivity index (χ4v) is 3.33. The minimum atomic E-state index is -0.417. The normalized spacial score (nSPS) is 12.8. The number of methoxy groups -OCH3 is 2. The molecular weight excluding hydrogens is 336 g/mol. The number of aromatic hydroxyl groups is 2. The van der Waals surface area contributed by atoms with E-state index in [2.05, 4.69) is 0 Å². The average Bonchev–Trinajstić information content (AvgIpc) is 3.00. The first-order chi connectivity index (χ1) is 12.5. The molecule has 3 aromatic rings. The number of hydrogen-bond acceptors (Lipinski definition) is 6. The predicted molar refractivity (Wildman–Crippen MR) is 94.9 cm³/mol. The fourth-order valence-electron chi connectivity index (χ4n) is 3.33. The zero-order valence-electron chi connectivity index (χ0n) is 14.2. The molecule has 0 fully saturated rings. The number of phenols is 2. The second-order valence-electron chi connectivity index (χ2n) is 5.99. The number of hydrogen-bond donors (Lipinski definition) is 2. The van der Waals surface area contributed by atoms with Crippen LogP contribution in [0.25, 0.3) is 21.9 Å². The second kappa shape index (κ2) is 5.84. The largest absolute Gasteiger partial charge is 0.504 e. The van der Waals surface area contributed by atoms with E-state index in [0.717, 1.165) is 10.9 Å². The quantitative estimate of drug-likeness (QED) is 0.701. The van der Waals surface area contributed by atoms with Crippen LogP contribution >= 0.6 is 0 Å². The number of carbonyl (C=O) groups is 1. The summed E-state index contributed by atoms with van der Waals surface area (Å²) >= 11 is 0. The van der Waals surface area contributed by atoms with Gasteiger partial charge in [0.25, 0.3) is 0 Å². The Morgan fingerprint density at radius 2 is 1.65 bits per heavy atom. The van der Waals surface area contributed by atoms with E-state index in [0.29, 0.717) is 27.8 Å². The summed E-state index contributed by atoms with van der Waals surface area (Å²) in [6.45, 7) is 0.190. The molecule has 6 heteroatoms. The number of rotatable bonds is 3. The van der Waals surface area contributed by atoms with Gasteiger partial charge in [-0.15, -0.1) is 0 Å². The van der Waals surface area contributed by atoms with Gasteiger partial charge in [-0.1, -0.05) is 6.07 Å². The molecule has 2 N–H and O–H groups in total. The molecule has 1 heterocycles. The molecule has 6 nitrogen and oxygen atoms in total. The van der Waals surface area contributed by atoms with E-state index >= 15 is 0 Å². The molecule has 0 unspecified atom stereocenters. The molecule has 0 atom stereocenters. The molecule has 1 aliphatic rings. The van der Waals surface area contributed by atoms with Crippen molar-refractivity contribution in [3.8, 4) is 34.1 Å². The van der Waals surface area contributed by atoms with Crippen molar-refractivity contribution < 1.29 is 29.2 Å². The molecule has 0 spiro atoms. The standard InChI is InChI=1S/C20H16O6/c1-24-16-6-10(3-4-14(16)21)18-13-8-15(22)17(25-2)7-11(13)5-12-9-26-20(23)19(12)18/h3-8,21-22H,9H2,1-2H3. The van der Waals surface area contributed by atoms with Crippen molar-refractivity contribution in [1.29, 1.82) is 0 Å². The van der Waals surface area contributed by atoms with Gasteiger partial charge in [0.05, 0.1) is 19.8 Å². The van der Waals surface area contributed by atoms with Crippen LogP contribution in [0.5, 0.6) is 23.0 Å². The van der Waals surface area contributed by atoms with Crippen molar-refractivity contribution in [3.63, 3.8) is 0 Å². The van der Waals surface area contributed by atoms with E-state index in [9.17, 15) is 15.0 Å². The molecule has 3 aromatic carbocycles. The highest BCUT2D eigenvalue weighted by Gasteiger charge is 2.28. The molecule has 0 aliphatic carbocycles. The minimum Gasteiger partial charge on any atom is -0.504 e. The lowest BCUT2D eigenvalue weighted by Gasteiger charge is -2.14. The lowest BCUT2D eigenvalue weighted by molar-refractivity contribution is 0.0535. The van der Waals surface area contributed by atoms with Crippen molar-refractivity contribution in [3.05, 3.63) is 47.5 Å². The highest BCUT2D eigenvalue weighted by atomic mass is 16.5. The molecule has 0 saturated carbocycles. The molecule has 132 valence electrons. The first-order valence-corrected chi connectivity index (χ1v) is 7.94. The van der Waals surface area contributed by atoms with Gasteiger partial charge < -0.3 is 24.4 Å². The summed E-state index contributed by atoms with van der Waals surface area (Å²) in [6, 6.07) is 9.99. The van der Waals surface area contributed by atoms with Crippen LogP contribution in [0.4, 0.5) is 0 Å². The average molecular weight is 352 g/mol. The Bertz CT molecular complexity index is 1050. The maximum absolute atomic E-state index is 12.3. The van der Waals surface area contributed by atoms with Gasteiger partial charge >= 0.3 is 5.97 Å². The van der Waals surface area contributed by atoms with Crippen LogP contribution in [-0.2, 0) is 11.3 Å². The number of fused-ring (bicyclic) bond motifs is 2. The molecule has 0 amide bonds. The van der Waals surface area contributed by atoms with Gasteiger partial charge in [0.2, 0.25) is 0 Å². The summed E-state index contributed by atoms with van der Waals surface area (Å²) in [5.41, 5.74) is 2.51. The van der Waals surface area contributed by atoms with Crippen LogP contribution < -0.4 is 9.47 Å².